The van der Waals surface area contributed by atoms with Crippen LogP contribution in [0.25, 0.3) is 0 Å². The maximum absolute atomic E-state index is 5.78. The molecule has 0 saturated carbocycles. The van der Waals surface area contributed by atoms with Crippen molar-refractivity contribution in [2.45, 2.75) is 0 Å². The Labute approximate surface area is 97.6 Å². The Balaban J connectivity index is 2.16. The Morgan fingerprint density at radius 2 is 1.75 bits per heavy atom. The van der Waals surface area contributed by atoms with Gasteiger partial charge in [0.2, 0.25) is 0 Å². The fourth-order valence-corrected chi connectivity index (χ4v) is 1.30. The normalized spacial score (nSPS) is 9.88. The zero-order valence-corrected chi connectivity index (χ0v) is 9.07. The molecule has 1 aromatic heterocycles. The average Bonchev–Trinajstić information content (AvgIpc) is 2.32. The van der Waals surface area contributed by atoms with E-state index in [-0.39, 0.29) is 0 Å². The van der Waals surface area contributed by atoms with Gasteiger partial charge in [-0.3, -0.25) is 4.98 Å². The molecule has 4 N–H and O–H groups in total. The molecule has 0 fully saturated rings. The Hall–Kier alpha value is -1.85. The third-order valence-corrected chi connectivity index (χ3v) is 2.15. The molecule has 2 aromatic rings. The van der Waals surface area contributed by atoms with Crippen LogP contribution in [0, 0.1) is 0 Å². The summed E-state index contributed by atoms with van der Waals surface area (Å²) in [6.45, 7) is 0. The minimum atomic E-state index is 0.499. The number of aromatic nitrogens is 2. The van der Waals surface area contributed by atoms with Crippen LogP contribution in [0.2, 0.25) is 5.02 Å². The molecule has 0 aliphatic heterocycles. The molecule has 0 unspecified atom stereocenters. The Morgan fingerprint density at radius 1 is 1.06 bits per heavy atom. The van der Waals surface area contributed by atoms with Gasteiger partial charge in [0.25, 0.3) is 0 Å². The van der Waals surface area contributed by atoms with Gasteiger partial charge in [0.15, 0.2) is 11.6 Å². The van der Waals surface area contributed by atoms with Crippen LogP contribution in [0.3, 0.4) is 0 Å². The SMILES string of the molecule is NNc1cncc(Nc2ccc(Cl)cc2)n1. The number of benzene rings is 1. The highest BCUT2D eigenvalue weighted by Gasteiger charge is 1.98. The second-order valence-corrected chi connectivity index (χ2v) is 3.50. The third-order valence-electron chi connectivity index (χ3n) is 1.90. The molecule has 6 heteroatoms. The summed E-state index contributed by atoms with van der Waals surface area (Å²) in [6, 6.07) is 7.30. The fraction of sp³-hybridized carbons (Fsp3) is 0. The molecule has 0 aliphatic rings. The summed E-state index contributed by atoms with van der Waals surface area (Å²) in [5.41, 5.74) is 3.31. The molecule has 2 rings (SSSR count). The van der Waals surface area contributed by atoms with Crippen molar-refractivity contribution in [2.75, 3.05) is 10.7 Å². The smallest absolute Gasteiger partial charge is 0.160 e. The predicted octanol–water partition coefficient (Wildman–Crippen LogP) is 2.16. The summed E-state index contributed by atoms with van der Waals surface area (Å²) in [7, 11) is 0. The quantitative estimate of drug-likeness (QED) is 0.562. The van der Waals surface area contributed by atoms with E-state index in [0.717, 1.165) is 5.69 Å². The summed E-state index contributed by atoms with van der Waals surface area (Å²) in [5.74, 6) is 6.34. The van der Waals surface area contributed by atoms with Crippen molar-refractivity contribution in [3.63, 3.8) is 0 Å². The van der Waals surface area contributed by atoms with Crippen LogP contribution in [0.5, 0.6) is 0 Å². The maximum atomic E-state index is 5.78. The topological polar surface area (TPSA) is 75.9 Å². The maximum Gasteiger partial charge on any atom is 0.160 e. The van der Waals surface area contributed by atoms with Crippen LogP contribution >= 0.6 is 11.6 Å². The lowest BCUT2D eigenvalue weighted by Crippen LogP contribution is -2.09. The van der Waals surface area contributed by atoms with Gasteiger partial charge in [-0.1, -0.05) is 11.6 Å². The molecule has 0 saturated heterocycles. The van der Waals surface area contributed by atoms with Crippen LogP contribution in [-0.2, 0) is 0 Å². The van der Waals surface area contributed by atoms with Crippen LogP contribution in [0.1, 0.15) is 0 Å². The van der Waals surface area contributed by atoms with Gasteiger partial charge < -0.3 is 10.7 Å². The first-order chi connectivity index (χ1) is 7.78. The lowest BCUT2D eigenvalue weighted by atomic mass is 10.3. The lowest BCUT2D eigenvalue weighted by Gasteiger charge is -2.06. The van der Waals surface area contributed by atoms with Gasteiger partial charge in [-0.05, 0) is 24.3 Å². The van der Waals surface area contributed by atoms with Crippen LogP contribution in [0.4, 0.5) is 17.3 Å². The van der Waals surface area contributed by atoms with E-state index in [0.29, 0.717) is 16.7 Å². The average molecular weight is 236 g/mol. The van der Waals surface area contributed by atoms with Crippen LogP contribution < -0.4 is 16.6 Å². The van der Waals surface area contributed by atoms with E-state index in [2.05, 4.69) is 20.7 Å². The minimum absolute atomic E-state index is 0.499. The largest absolute Gasteiger partial charge is 0.339 e. The number of hydrazine groups is 1. The zero-order valence-electron chi connectivity index (χ0n) is 8.31. The zero-order chi connectivity index (χ0) is 11.4. The molecule has 0 spiro atoms. The van der Waals surface area contributed by atoms with Crippen LogP contribution in [0.15, 0.2) is 36.7 Å². The highest BCUT2D eigenvalue weighted by Crippen LogP contribution is 2.17. The Bertz CT molecular complexity index is 471. The summed E-state index contributed by atoms with van der Waals surface area (Å²) in [4.78, 5) is 8.14. The van der Waals surface area contributed by atoms with Crippen molar-refractivity contribution in [2.24, 2.45) is 5.84 Å². The second kappa shape index (κ2) is 4.78. The molecule has 0 bridgehead atoms. The number of nitrogens with two attached hydrogens (primary N) is 1. The van der Waals surface area contributed by atoms with Gasteiger partial charge in [-0.15, -0.1) is 0 Å². The monoisotopic (exact) mass is 235 g/mol. The van der Waals surface area contributed by atoms with E-state index in [1.807, 2.05) is 12.1 Å². The number of rotatable bonds is 3. The van der Waals surface area contributed by atoms with Crippen molar-refractivity contribution < 1.29 is 0 Å². The van der Waals surface area contributed by atoms with Crippen molar-refractivity contribution in [1.82, 2.24) is 9.97 Å². The molecule has 0 amide bonds. The Kier molecular flexibility index (Phi) is 3.19. The molecule has 1 heterocycles. The summed E-state index contributed by atoms with van der Waals surface area (Å²) in [6.07, 6.45) is 3.14. The predicted molar refractivity (Wildman–Crippen MR) is 64.6 cm³/mol. The molecule has 0 aliphatic carbocycles. The van der Waals surface area contributed by atoms with E-state index in [1.54, 1.807) is 18.3 Å². The number of nitrogens with zero attached hydrogens (tertiary/aromatic N) is 2. The molecule has 0 radical (unpaired) electrons. The van der Waals surface area contributed by atoms with E-state index in [1.165, 1.54) is 6.20 Å². The first-order valence-electron chi connectivity index (χ1n) is 4.59. The molecular formula is C10H10ClN5. The van der Waals surface area contributed by atoms with Gasteiger partial charge in [0.1, 0.15) is 0 Å². The van der Waals surface area contributed by atoms with Gasteiger partial charge in [0, 0.05) is 10.7 Å². The highest BCUT2D eigenvalue weighted by atomic mass is 35.5. The van der Waals surface area contributed by atoms with Crippen molar-refractivity contribution in [3.8, 4) is 0 Å². The van der Waals surface area contributed by atoms with E-state index in [9.17, 15) is 0 Å². The number of hydrogen-bond acceptors (Lipinski definition) is 5. The van der Waals surface area contributed by atoms with Crippen molar-refractivity contribution >= 4 is 28.9 Å². The number of anilines is 3. The van der Waals surface area contributed by atoms with E-state index in [4.69, 9.17) is 17.4 Å². The number of nitrogens with one attached hydrogen (secondary N) is 2. The first kappa shape index (κ1) is 10.7. The highest BCUT2D eigenvalue weighted by molar-refractivity contribution is 6.30. The van der Waals surface area contributed by atoms with Gasteiger partial charge >= 0.3 is 0 Å². The minimum Gasteiger partial charge on any atom is -0.339 e. The molecule has 5 nitrogen and oxygen atoms in total. The Morgan fingerprint density at radius 3 is 2.44 bits per heavy atom. The van der Waals surface area contributed by atoms with E-state index < -0.39 is 0 Å². The molecule has 16 heavy (non-hydrogen) atoms. The standard InChI is InChI=1S/C10H10ClN5/c11-7-1-3-8(4-2-7)14-9-5-13-6-10(15-9)16-12/h1-6H,12H2,(H2,14,15,16). The number of halogens is 1. The van der Waals surface area contributed by atoms with Gasteiger partial charge in [-0.25, -0.2) is 10.8 Å². The van der Waals surface area contributed by atoms with Crippen molar-refractivity contribution in [1.29, 1.82) is 0 Å². The fourth-order valence-electron chi connectivity index (χ4n) is 1.18. The van der Waals surface area contributed by atoms with Gasteiger partial charge in [0.05, 0.1) is 12.4 Å². The summed E-state index contributed by atoms with van der Waals surface area (Å²) in [5, 5.41) is 3.77. The molecule has 82 valence electrons. The van der Waals surface area contributed by atoms with Gasteiger partial charge in [-0.2, -0.15) is 0 Å². The molecule has 0 atom stereocenters. The van der Waals surface area contributed by atoms with Crippen LogP contribution in [-0.4, -0.2) is 9.97 Å². The lowest BCUT2D eigenvalue weighted by molar-refractivity contribution is 1.16. The van der Waals surface area contributed by atoms with E-state index >= 15 is 0 Å². The number of hydrogen-bond donors (Lipinski definition) is 3. The first-order valence-corrected chi connectivity index (χ1v) is 4.97. The molecule has 1 aromatic carbocycles. The second-order valence-electron chi connectivity index (χ2n) is 3.07. The third kappa shape index (κ3) is 2.59. The van der Waals surface area contributed by atoms with Crippen molar-refractivity contribution in [3.05, 3.63) is 41.7 Å². The summed E-state index contributed by atoms with van der Waals surface area (Å²) >= 11 is 5.78. The number of nitrogen functional groups attached to an aromatic ring is 1. The summed E-state index contributed by atoms with van der Waals surface area (Å²) < 4.78 is 0. The molecular weight excluding hydrogens is 226 g/mol.